The van der Waals surface area contributed by atoms with Gasteiger partial charge in [0, 0.05) is 0 Å². The van der Waals surface area contributed by atoms with E-state index < -0.39 is 5.92 Å². The van der Waals surface area contributed by atoms with Crippen molar-refractivity contribution in [1.29, 1.82) is 5.26 Å². The van der Waals surface area contributed by atoms with Crippen LogP contribution in [-0.2, 0) is 4.79 Å². The number of benzene rings is 1. The molecule has 54 valence electrons. The standard InChI is InChI=1S/C9H7NO/c10-6-9(7-11)8-4-2-1-3-5-8/h1-5,7,9H/t9-/m1/s1. The van der Waals surface area contributed by atoms with E-state index in [1.165, 1.54) is 0 Å². The molecule has 2 heteroatoms. The van der Waals surface area contributed by atoms with Crippen molar-refractivity contribution in [3.05, 3.63) is 35.9 Å². The fourth-order valence-electron chi connectivity index (χ4n) is 0.844. The smallest absolute Gasteiger partial charge is 0.141 e. The molecule has 11 heavy (non-hydrogen) atoms. The molecule has 0 aliphatic rings. The van der Waals surface area contributed by atoms with Gasteiger partial charge in [0.1, 0.15) is 12.2 Å². The first-order valence-corrected chi connectivity index (χ1v) is 3.28. The number of rotatable bonds is 2. The molecule has 0 saturated carbocycles. The number of hydrogen-bond donors (Lipinski definition) is 0. The molecule has 0 N–H and O–H groups in total. The minimum Gasteiger partial charge on any atom is -0.302 e. The van der Waals surface area contributed by atoms with Crippen LogP contribution in [0.5, 0.6) is 0 Å². The van der Waals surface area contributed by atoms with Crippen LogP contribution in [0.4, 0.5) is 0 Å². The number of carbonyl (C=O) groups excluding carboxylic acids is 1. The third-order valence-corrected chi connectivity index (χ3v) is 1.43. The Morgan fingerprint density at radius 2 is 2.00 bits per heavy atom. The molecule has 1 rings (SSSR count). The number of nitrogens with zero attached hydrogens (tertiary/aromatic N) is 1. The minimum atomic E-state index is -0.615. The number of carbonyl (C=O) groups is 1. The van der Waals surface area contributed by atoms with Crippen molar-refractivity contribution in [2.24, 2.45) is 0 Å². The first-order valence-electron chi connectivity index (χ1n) is 3.28. The quantitative estimate of drug-likeness (QED) is 0.591. The maximum absolute atomic E-state index is 10.3. The maximum atomic E-state index is 10.3. The van der Waals surface area contributed by atoms with E-state index in [0.717, 1.165) is 5.56 Å². The van der Waals surface area contributed by atoms with E-state index in [-0.39, 0.29) is 0 Å². The molecule has 0 amide bonds. The molecule has 0 fully saturated rings. The summed E-state index contributed by atoms with van der Waals surface area (Å²) >= 11 is 0. The molecule has 2 nitrogen and oxygen atoms in total. The van der Waals surface area contributed by atoms with Crippen molar-refractivity contribution in [3.8, 4) is 6.07 Å². The van der Waals surface area contributed by atoms with Crippen molar-refractivity contribution in [2.45, 2.75) is 5.92 Å². The molecule has 0 aliphatic heterocycles. The Morgan fingerprint density at radius 3 is 2.45 bits per heavy atom. The van der Waals surface area contributed by atoms with Crippen molar-refractivity contribution in [3.63, 3.8) is 0 Å². The molecule has 0 unspecified atom stereocenters. The van der Waals surface area contributed by atoms with Crippen LogP contribution in [0, 0.1) is 11.3 Å². The summed E-state index contributed by atoms with van der Waals surface area (Å²) in [4.78, 5) is 10.3. The van der Waals surface area contributed by atoms with E-state index in [1.54, 1.807) is 12.1 Å². The molecule has 1 atom stereocenters. The minimum absolute atomic E-state index is 0.615. The highest BCUT2D eigenvalue weighted by Gasteiger charge is 2.06. The molecule has 1 aromatic carbocycles. The summed E-state index contributed by atoms with van der Waals surface area (Å²) < 4.78 is 0. The van der Waals surface area contributed by atoms with Gasteiger partial charge in [-0.2, -0.15) is 5.26 Å². The van der Waals surface area contributed by atoms with Crippen LogP contribution in [0.3, 0.4) is 0 Å². The fraction of sp³-hybridized carbons (Fsp3) is 0.111. The van der Waals surface area contributed by atoms with Crippen LogP contribution in [0.2, 0.25) is 0 Å². The van der Waals surface area contributed by atoms with Gasteiger partial charge in [0.05, 0.1) is 6.07 Å². The molecule has 0 bridgehead atoms. The highest BCUT2D eigenvalue weighted by atomic mass is 16.1. The summed E-state index contributed by atoms with van der Waals surface area (Å²) in [6.45, 7) is 0. The van der Waals surface area contributed by atoms with Crippen LogP contribution in [0.25, 0.3) is 0 Å². The van der Waals surface area contributed by atoms with Crippen LogP contribution in [-0.4, -0.2) is 6.29 Å². The van der Waals surface area contributed by atoms with Gasteiger partial charge in [-0.25, -0.2) is 0 Å². The zero-order valence-corrected chi connectivity index (χ0v) is 5.90. The second kappa shape index (κ2) is 3.52. The molecule has 0 heterocycles. The van der Waals surface area contributed by atoms with E-state index in [4.69, 9.17) is 5.26 Å². The predicted octanol–water partition coefficient (Wildman–Crippen LogP) is 1.49. The van der Waals surface area contributed by atoms with Crippen molar-refractivity contribution in [2.75, 3.05) is 0 Å². The van der Waals surface area contributed by atoms with Crippen LogP contribution < -0.4 is 0 Å². The summed E-state index contributed by atoms with van der Waals surface area (Å²) in [5.41, 5.74) is 0.755. The van der Waals surface area contributed by atoms with Gasteiger partial charge in [-0.15, -0.1) is 0 Å². The Hall–Kier alpha value is -1.62. The molecule has 0 aliphatic carbocycles. The lowest BCUT2D eigenvalue weighted by Gasteiger charge is -1.98. The predicted molar refractivity (Wildman–Crippen MR) is 40.9 cm³/mol. The molecule has 1 aromatic rings. The van der Waals surface area contributed by atoms with Gasteiger partial charge in [0.25, 0.3) is 0 Å². The zero-order valence-electron chi connectivity index (χ0n) is 5.90. The highest BCUT2D eigenvalue weighted by molar-refractivity contribution is 5.66. The third kappa shape index (κ3) is 1.65. The van der Waals surface area contributed by atoms with Gasteiger partial charge in [0.15, 0.2) is 0 Å². The highest BCUT2D eigenvalue weighted by Crippen LogP contribution is 2.10. The van der Waals surface area contributed by atoms with Gasteiger partial charge in [-0.1, -0.05) is 30.3 Å². The van der Waals surface area contributed by atoms with Gasteiger partial charge in [-0.05, 0) is 5.56 Å². The maximum Gasteiger partial charge on any atom is 0.141 e. The summed E-state index contributed by atoms with van der Waals surface area (Å²) in [5, 5.41) is 8.50. The molecule has 0 spiro atoms. The van der Waals surface area contributed by atoms with E-state index >= 15 is 0 Å². The van der Waals surface area contributed by atoms with E-state index in [1.807, 2.05) is 24.3 Å². The number of nitriles is 1. The fourth-order valence-corrected chi connectivity index (χ4v) is 0.844. The summed E-state index contributed by atoms with van der Waals surface area (Å²) in [6.07, 6.45) is 0.648. The largest absolute Gasteiger partial charge is 0.302 e. The first kappa shape index (κ1) is 7.49. The second-order valence-corrected chi connectivity index (χ2v) is 2.15. The van der Waals surface area contributed by atoms with Gasteiger partial charge in [0.2, 0.25) is 0 Å². The summed E-state index contributed by atoms with van der Waals surface area (Å²) in [7, 11) is 0. The topological polar surface area (TPSA) is 40.9 Å². The van der Waals surface area contributed by atoms with Gasteiger partial charge < -0.3 is 4.79 Å². The number of hydrogen-bond acceptors (Lipinski definition) is 2. The monoisotopic (exact) mass is 145 g/mol. The van der Waals surface area contributed by atoms with E-state index in [0.29, 0.717) is 6.29 Å². The Bertz CT molecular complexity index is 273. The van der Waals surface area contributed by atoms with Gasteiger partial charge in [-0.3, -0.25) is 0 Å². The molecular weight excluding hydrogens is 138 g/mol. The molecule has 0 saturated heterocycles. The second-order valence-electron chi connectivity index (χ2n) is 2.15. The number of aldehydes is 1. The normalized spacial score (nSPS) is 11.5. The SMILES string of the molecule is N#C[C@H](C=O)c1ccccc1. The average Bonchev–Trinajstić information content (AvgIpc) is 2.09. The summed E-state index contributed by atoms with van der Waals surface area (Å²) in [5.74, 6) is -0.615. The lowest BCUT2D eigenvalue weighted by molar-refractivity contribution is -0.108. The Balaban J connectivity index is 2.93. The van der Waals surface area contributed by atoms with Crippen molar-refractivity contribution >= 4 is 6.29 Å². The van der Waals surface area contributed by atoms with Crippen LogP contribution in [0.1, 0.15) is 11.5 Å². The summed E-state index contributed by atoms with van der Waals surface area (Å²) in [6, 6.07) is 10.9. The van der Waals surface area contributed by atoms with Crippen LogP contribution >= 0.6 is 0 Å². The Morgan fingerprint density at radius 1 is 1.36 bits per heavy atom. The average molecular weight is 145 g/mol. The van der Waals surface area contributed by atoms with Crippen molar-refractivity contribution in [1.82, 2.24) is 0 Å². The van der Waals surface area contributed by atoms with E-state index in [2.05, 4.69) is 0 Å². The van der Waals surface area contributed by atoms with Gasteiger partial charge >= 0.3 is 0 Å². The molecule has 0 aromatic heterocycles. The van der Waals surface area contributed by atoms with Crippen molar-refractivity contribution < 1.29 is 4.79 Å². The Kier molecular flexibility index (Phi) is 2.40. The van der Waals surface area contributed by atoms with Crippen LogP contribution in [0.15, 0.2) is 30.3 Å². The molecule has 0 radical (unpaired) electrons. The third-order valence-electron chi connectivity index (χ3n) is 1.43. The Labute approximate surface area is 65.1 Å². The lowest BCUT2D eigenvalue weighted by atomic mass is 10.0. The lowest BCUT2D eigenvalue weighted by Crippen LogP contribution is -1.95. The zero-order chi connectivity index (χ0) is 8.10. The molecular formula is C9H7NO. The first-order chi connectivity index (χ1) is 5.38. The van der Waals surface area contributed by atoms with E-state index in [9.17, 15) is 4.79 Å².